The zero-order valence-electron chi connectivity index (χ0n) is 10.0. The number of terminal acetylenes is 1. The van der Waals surface area contributed by atoms with Gasteiger partial charge in [0.1, 0.15) is 5.65 Å². The van der Waals surface area contributed by atoms with Gasteiger partial charge in [-0.25, -0.2) is 4.79 Å². The number of rotatable bonds is 3. The number of nitrogens with zero attached hydrogens (tertiary/aromatic N) is 2. The summed E-state index contributed by atoms with van der Waals surface area (Å²) in [6.07, 6.45) is 6.93. The van der Waals surface area contributed by atoms with E-state index in [4.69, 9.17) is 11.2 Å². The number of aromatic carboxylic acids is 1. The first-order valence-corrected chi connectivity index (χ1v) is 5.32. The molecule has 18 heavy (non-hydrogen) atoms. The normalized spacial score (nSPS) is 11.2. The van der Waals surface area contributed by atoms with Crippen LogP contribution in [-0.2, 0) is 0 Å². The summed E-state index contributed by atoms with van der Waals surface area (Å²) in [7, 11) is 0. The molecule has 0 atom stereocenters. The minimum atomic E-state index is -1.11. The Hall–Kier alpha value is -2.48. The molecule has 5 nitrogen and oxygen atoms in total. The smallest absolute Gasteiger partial charge is 0.358 e. The van der Waals surface area contributed by atoms with Gasteiger partial charge >= 0.3 is 5.97 Å². The number of carboxylic acid groups (broad SMARTS) is 1. The number of carbonyl (C=O) groups is 1. The monoisotopic (exact) mass is 244 g/mol. The molecule has 0 saturated heterocycles. The van der Waals surface area contributed by atoms with Gasteiger partial charge < -0.3 is 9.84 Å². The topological polar surface area (TPSA) is 63.8 Å². The van der Waals surface area contributed by atoms with Crippen molar-refractivity contribution in [1.82, 2.24) is 9.38 Å². The lowest BCUT2D eigenvalue weighted by molar-refractivity contribution is 0.0677. The Morgan fingerprint density at radius 1 is 1.56 bits per heavy atom. The highest BCUT2D eigenvalue weighted by Crippen LogP contribution is 2.23. The highest BCUT2D eigenvalue weighted by molar-refractivity contribution is 5.89. The van der Waals surface area contributed by atoms with Crippen LogP contribution in [0.1, 0.15) is 24.3 Å². The van der Waals surface area contributed by atoms with Crippen molar-refractivity contribution in [3.05, 3.63) is 30.1 Å². The molecule has 0 spiro atoms. The molecule has 1 N–H and O–H groups in total. The van der Waals surface area contributed by atoms with Gasteiger partial charge in [0.15, 0.2) is 11.3 Å². The summed E-state index contributed by atoms with van der Waals surface area (Å²) in [6.45, 7) is 3.34. The number of pyridine rings is 1. The Balaban J connectivity index is 2.61. The summed E-state index contributed by atoms with van der Waals surface area (Å²) in [5, 5.41) is 9.23. The molecule has 2 heterocycles. The van der Waals surface area contributed by atoms with E-state index < -0.39 is 11.6 Å². The molecule has 0 radical (unpaired) electrons. The minimum absolute atomic E-state index is 0.0247. The van der Waals surface area contributed by atoms with Crippen molar-refractivity contribution >= 4 is 11.6 Å². The highest BCUT2D eigenvalue weighted by atomic mass is 16.5. The van der Waals surface area contributed by atoms with Gasteiger partial charge in [-0.1, -0.05) is 12.0 Å². The molecule has 0 aliphatic heterocycles. The molecule has 0 fully saturated rings. The van der Waals surface area contributed by atoms with Crippen LogP contribution in [0.15, 0.2) is 24.4 Å². The molecule has 2 aromatic rings. The van der Waals surface area contributed by atoms with Gasteiger partial charge in [0.2, 0.25) is 5.88 Å². The largest absolute Gasteiger partial charge is 0.476 e. The molecule has 0 aliphatic carbocycles. The summed E-state index contributed by atoms with van der Waals surface area (Å²) in [6, 6.07) is 5.18. The molecule has 0 unspecified atom stereocenters. The van der Waals surface area contributed by atoms with Crippen LogP contribution in [-0.4, -0.2) is 26.1 Å². The lowest BCUT2D eigenvalue weighted by atomic mass is 10.1. The van der Waals surface area contributed by atoms with Crippen molar-refractivity contribution < 1.29 is 14.6 Å². The number of ether oxygens (including phenoxy) is 1. The van der Waals surface area contributed by atoms with E-state index >= 15 is 0 Å². The third-order valence-corrected chi connectivity index (χ3v) is 2.40. The van der Waals surface area contributed by atoms with Crippen LogP contribution >= 0.6 is 0 Å². The van der Waals surface area contributed by atoms with Crippen molar-refractivity contribution in [3.8, 4) is 18.2 Å². The molecular formula is C13H12N2O3. The standard InChI is InChI=1S/C13H12N2O3/c1-4-13(2,3)18-11-10(12(16)17)15-8-6-5-7-9(15)14-11/h1,5-8H,2-3H3,(H,16,17). The van der Waals surface area contributed by atoms with Crippen LogP contribution in [0.3, 0.4) is 0 Å². The maximum atomic E-state index is 11.3. The summed E-state index contributed by atoms with van der Waals surface area (Å²) < 4.78 is 6.93. The van der Waals surface area contributed by atoms with E-state index in [1.807, 2.05) is 0 Å². The van der Waals surface area contributed by atoms with Gasteiger partial charge in [-0.05, 0) is 26.0 Å². The Labute approximate surface area is 104 Å². The highest BCUT2D eigenvalue weighted by Gasteiger charge is 2.25. The SMILES string of the molecule is C#CC(C)(C)Oc1nc2ccccn2c1C(=O)O. The van der Waals surface area contributed by atoms with E-state index in [1.165, 1.54) is 4.40 Å². The molecular weight excluding hydrogens is 232 g/mol. The van der Waals surface area contributed by atoms with Crippen LogP contribution in [0.25, 0.3) is 5.65 Å². The van der Waals surface area contributed by atoms with Gasteiger partial charge in [0.05, 0.1) is 0 Å². The Bertz CT molecular complexity index is 650. The third-order valence-electron chi connectivity index (χ3n) is 2.40. The van der Waals surface area contributed by atoms with Crippen LogP contribution in [0.4, 0.5) is 0 Å². The van der Waals surface area contributed by atoms with Gasteiger partial charge in [-0.3, -0.25) is 4.40 Å². The van der Waals surface area contributed by atoms with Crippen LogP contribution in [0.2, 0.25) is 0 Å². The summed E-state index contributed by atoms with van der Waals surface area (Å²) in [4.78, 5) is 15.4. The first kappa shape index (κ1) is 12.0. The molecule has 0 aromatic carbocycles. The van der Waals surface area contributed by atoms with E-state index in [2.05, 4.69) is 10.9 Å². The molecule has 0 aliphatic rings. The van der Waals surface area contributed by atoms with Crippen LogP contribution in [0.5, 0.6) is 5.88 Å². The fourth-order valence-corrected chi connectivity index (χ4v) is 1.51. The van der Waals surface area contributed by atoms with E-state index in [0.29, 0.717) is 5.65 Å². The second-order valence-electron chi connectivity index (χ2n) is 4.26. The maximum Gasteiger partial charge on any atom is 0.358 e. The number of hydrogen-bond acceptors (Lipinski definition) is 3. The Morgan fingerprint density at radius 3 is 2.89 bits per heavy atom. The van der Waals surface area contributed by atoms with Crippen molar-refractivity contribution in [2.45, 2.75) is 19.4 Å². The van der Waals surface area contributed by atoms with Crippen molar-refractivity contribution in [1.29, 1.82) is 0 Å². The molecule has 0 saturated carbocycles. The number of imidazole rings is 1. The number of carboxylic acids is 1. The number of fused-ring (bicyclic) bond motifs is 1. The van der Waals surface area contributed by atoms with Crippen molar-refractivity contribution in [2.24, 2.45) is 0 Å². The Morgan fingerprint density at radius 2 is 2.28 bits per heavy atom. The third kappa shape index (κ3) is 2.00. The van der Waals surface area contributed by atoms with Gasteiger partial charge in [0, 0.05) is 6.20 Å². The number of hydrogen-bond donors (Lipinski definition) is 1. The van der Waals surface area contributed by atoms with Crippen molar-refractivity contribution in [3.63, 3.8) is 0 Å². The average molecular weight is 244 g/mol. The minimum Gasteiger partial charge on any atom is -0.476 e. The molecule has 2 rings (SSSR count). The predicted octanol–water partition coefficient (Wildman–Crippen LogP) is 1.82. The number of aromatic nitrogens is 2. The van der Waals surface area contributed by atoms with E-state index in [-0.39, 0.29) is 11.6 Å². The quantitative estimate of drug-likeness (QED) is 0.836. The molecule has 0 bridgehead atoms. The second kappa shape index (κ2) is 4.08. The maximum absolute atomic E-state index is 11.3. The zero-order valence-corrected chi connectivity index (χ0v) is 10.0. The van der Waals surface area contributed by atoms with Gasteiger partial charge in [-0.2, -0.15) is 4.98 Å². The van der Waals surface area contributed by atoms with Crippen LogP contribution < -0.4 is 4.74 Å². The van der Waals surface area contributed by atoms with E-state index in [9.17, 15) is 9.90 Å². The molecule has 5 heteroatoms. The van der Waals surface area contributed by atoms with E-state index in [0.717, 1.165) is 0 Å². The van der Waals surface area contributed by atoms with Crippen LogP contribution in [0, 0.1) is 12.3 Å². The Kier molecular flexibility index (Phi) is 2.71. The first-order chi connectivity index (χ1) is 8.44. The predicted molar refractivity (Wildman–Crippen MR) is 65.7 cm³/mol. The molecule has 0 amide bonds. The lowest BCUT2D eigenvalue weighted by Gasteiger charge is -2.18. The fraction of sp³-hybridized carbons (Fsp3) is 0.231. The zero-order chi connectivity index (χ0) is 13.3. The first-order valence-electron chi connectivity index (χ1n) is 5.32. The molecule has 92 valence electrons. The van der Waals surface area contributed by atoms with Gasteiger partial charge in [0.25, 0.3) is 0 Å². The fourth-order valence-electron chi connectivity index (χ4n) is 1.51. The second-order valence-corrected chi connectivity index (χ2v) is 4.26. The van der Waals surface area contributed by atoms with Gasteiger partial charge in [-0.15, -0.1) is 6.42 Å². The summed E-state index contributed by atoms with van der Waals surface area (Å²) in [5.74, 6) is 1.35. The lowest BCUT2D eigenvalue weighted by Crippen LogP contribution is -2.26. The summed E-state index contributed by atoms with van der Waals surface area (Å²) in [5.41, 5.74) is -0.450. The average Bonchev–Trinajstić information content (AvgIpc) is 2.65. The molecule has 2 aromatic heterocycles. The van der Waals surface area contributed by atoms with Crippen molar-refractivity contribution in [2.75, 3.05) is 0 Å². The summed E-state index contributed by atoms with van der Waals surface area (Å²) >= 11 is 0. The van der Waals surface area contributed by atoms with E-state index in [1.54, 1.807) is 38.2 Å².